The van der Waals surface area contributed by atoms with Gasteiger partial charge < -0.3 is 9.64 Å². The van der Waals surface area contributed by atoms with E-state index in [1.807, 2.05) is 13.8 Å². The average molecular weight is 227 g/mol. The molecule has 1 fully saturated rings. The van der Waals surface area contributed by atoms with Crippen molar-refractivity contribution in [2.45, 2.75) is 34.1 Å². The first kappa shape index (κ1) is 13.5. The lowest BCUT2D eigenvalue weighted by Gasteiger charge is -2.38. The first-order valence-corrected chi connectivity index (χ1v) is 6.17. The number of hydrogen-bond acceptors (Lipinski definition) is 3. The van der Waals surface area contributed by atoms with Gasteiger partial charge in [0.2, 0.25) is 0 Å². The number of likely N-dealkylation sites (tertiary alicyclic amines) is 1. The molecule has 0 N–H and O–H groups in total. The molecule has 2 atom stereocenters. The van der Waals surface area contributed by atoms with Crippen LogP contribution in [0.1, 0.15) is 34.1 Å². The van der Waals surface area contributed by atoms with Crippen LogP contribution in [0.4, 0.5) is 0 Å². The summed E-state index contributed by atoms with van der Waals surface area (Å²) < 4.78 is 4.84. The summed E-state index contributed by atoms with van der Waals surface area (Å²) in [6.07, 6.45) is 1.23. The van der Waals surface area contributed by atoms with Crippen LogP contribution in [0.5, 0.6) is 0 Å². The van der Waals surface area contributed by atoms with Gasteiger partial charge in [0, 0.05) is 13.1 Å². The van der Waals surface area contributed by atoms with Gasteiger partial charge >= 0.3 is 5.97 Å². The number of nitrogens with zero attached hydrogens (tertiary/aromatic N) is 1. The predicted octanol–water partition coefficient (Wildman–Crippen LogP) is 2.16. The number of carbonyl (C=O) groups is 1. The number of hydrogen-bond donors (Lipinski definition) is 0. The van der Waals surface area contributed by atoms with Gasteiger partial charge in [0.1, 0.15) is 0 Å². The highest BCUT2D eigenvalue weighted by atomic mass is 16.5. The summed E-state index contributed by atoms with van der Waals surface area (Å²) in [5.74, 6) is 1.42. The van der Waals surface area contributed by atoms with E-state index in [0.29, 0.717) is 0 Å². The van der Waals surface area contributed by atoms with Crippen LogP contribution >= 0.6 is 0 Å². The topological polar surface area (TPSA) is 29.5 Å². The Morgan fingerprint density at radius 3 is 2.50 bits per heavy atom. The number of carbonyl (C=O) groups excluding carboxylic acids is 1. The Bertz CT molecular complexity index is 250. The smallest absolute Gasteiger partial charge is 0.312 e. The standard InChI is InChI=1S/C13H25NO2/c1-10-6-7-14(8-11(10)2)9-13(3,4)12(15)16-5/h10-11H,6-9H2,1-5H3. The van der Waals surface area contributed by atoms with E-state index < -0.39 is 5.41 Å². The lowest BCUT2D eigenvalue weighted by molar-refractivity contribution is -0.152. The minimum atomic E-state index is -0.394. The van der Waals surface area contributed by atoms with Crippen LogP contribution in [-0.4, -0.2) is 37.6 Å². The van der Waals surface area contributed by atoms with Gasteiger partial charge in [0.15, 0.2) is 0 Å². The molecule has 0 saturated carbocycles. The van der Waals surface area contributed by atoms with Gasteiger partial charge in [0.05, 0.1) is 12.5 Å². The fourth-order valence-electron chi connectivity index (χ4n) is 2.39. The van der Waals surface area contributed by atoms with Gasteiger partial charge in [-0.2, -0.15) is 0 Å². The molecular formula is C13H25NO2. The SMILES string of the molecule is COC(=O)C(C)(C)CN1CCC(C)C(C)C1. The zero-order valence-electron chi connectivity index (χ0n) is 11.2. The summed E-state index contributed by atoms with van der Waals surface area (Å²) in [5, 5.41) is 0. The van der Waals surface area contributed by atoms with Crippen LogP contribution in [0.2, 0.25) is 0 Å². The maximum atomic E-state index is 11.6. The van der Waals surface area contributed by atoms with Crippen molar-refractivity contribution in [3.8, 4) is 0 Å². The summed E-state index contributed by atoms with van der Waals surface area (Å²) in [6, 6.07) is 0. The highest BCUT2D eigenvalue weighted by Gasteiger charge is 2.33. The molecule has 16 heavy (non-hydrogen) atoms. The van der Waals surface area contributed by atoms with Crippen LogP contribution in [0.15, 0.2) is 0 Å². The average Bonchev–Trinajstić information content (AvgIpc) is 2.22. The monoisotopic (exact) mass is 227 g/mol. The highest BCUT2D eigenvalue weighted by molar-refractivity contribution is 5.76. The quantitative estimate of drug-likeness (QED) is 0.692. The maximum absolute atomic E-state index is 11.6. The highest BCUT2D eigenvalue weighted by Crippen LogP contribution is 2.26. The van der Waals surface area contributed by atoms with Gasteiger partial charge in [-0.25, -0.2) is 0 Å². The van der Waals surface area contributed by atoms with Crippen molar-refractivity contribution in [2.75, 3.05) is 26.7 Å². The Kier molecular flexibility index (Phi) is 4.36. The van der Waals surface area contributed by atoms with E-state index in [9.17, 15) is 4.79 Å². The third-order valence-corrected chi connectivity index (χ3v) is 3.78. The second-order valence-corrected chi connectivity index (χ2v) is 5.85. The third-order valence-electron chi connectivity index (χ3n) is 3.78. The van der Waals surface area contributed by atoms with Crippen molar-refractivity contribution in [3.05, 3.63) is 0 Å². The largest absolute Gasteiger partial charge is 0.469 e. The minimum Gasteiger partial charge on any atom is -0.469 e. The summed E-state index contributed by atoms with van der Waals surface area (Å²) in [4.78, 5) is 14.0. The Morgan fingerprint density at radius 2 is 2.00 bits per heavy atom. The van der Waals surface area contributed by atoms with Crippen molar-refractivity contribution in [1.29, 1.82) is 0 Å². The van der Waals surface area contributed by atoms with E-state index in [4.69, 9.17) is 4.74 Å². The van der Waals surface area contributed by atoms with Crippen LogP contribution in [0, 0.1) is 17.3 Å². The summed E-state index contributed by atoms with van der Waals surface area (Å²) in [6.45, 7) is 11.5. The molecule has 3 heteroatoms. The Balaban J connectivity index is 2.51. The minimum absolute atomic E-state index is 0.112. The fourth-order valence-corrected chi connectivity index (χ4v) is 2.39. The van der Waals surface area contributed by atoms with Gasteiger partial charge in [0.25, 0.3) is 0 Å². The molecule has 2 unspecified atom stereocenters. The van der Waals surface area contributed by atoms with E-state index in [1.165, 1.54) is 13.5 Å². The lowest BCUT2D eigenvalue weighted by Crippen LogP contribution is -2.45. The number of esters is 1. The molecule has 1 aliphatic heterocycles. The van der Waals surface area contributed by atoms with Crippen molar-refractivity contribution in [3.63, 3.8) is 0 Å². The molecule has 1 heterocycles. The van der Waals surface area contributed by atoms with E-state index in [1.54, 1.807) is 0 Å². The van der Waals surface area contributed by atoms with Crippen molar-refractivity contribution < 1.29 is 9.53 Å². The van der Waals surface area contributed by atoms with Gasteiger partial charge in [-0.05, 0) is 38.6 Å². The van der Waals surface area contributed by atoms with E-state index in [-0.39, 0.29) is 5.97 Å². The second kappa shape index (κ2) is 5.17. The molecule has 0 aromatic heterocycles. The molecule has 0 aromatic rings. The molecule has 0 spiro atoms. The molecule has 1 rings (SSSR count). The van der Waals surface area contributed by atoms with E-state index >= 15 is 0 Å². The van der Waals surface area contributed by atoms with Crippen LogP contribution in [0.3, 0.4) is 0 Å². The summed E-state index contributed by atoms with van der Waals surface area (Å²) >= 11 is 0. The van der Waals surface area contributed by atoms with Gasteiger partial charge in [-0.3, -0.25) is 4.79 Å². The third kappa shape index (κ3) is 3.21. The molecule has 3 nitrogen and oxygen atoms in total. The van der Waals surface area contributed by atoms with Crippen molar-refractivity contribution in [2.24, 2.45) is 17.3 Å². The number of piperidine rings is 1. The second-order valence-electron chi connectivity index (χ2n) is 5.85. The molecule has 0 amide bonds. The maximum Gasteiger partial charge on any atom is 0.312 e. The van der Waals surface area contributed by atoms with Crippen molar-refractivity contribution in [1.82, 2.24) is 4.90 Å². The first-order valence-electron chi connectivity index (χ1n) is 6.17. The molecule has 1 saturated heterocycles. The fraction of sp³-hybridized carbons (Fsp3) is 0.923. The Hall–Kier alpha value is -0.570. The molecule has 1 aliphatic rings. The van der Waals surface area contributed by atoms with E-state index in [2.05, 4.69) is 18.7 Å². The van der Waals surface area contributed by atoms with Crippen molar-refractivity contribution >= 4 is 5.97 Å². The Labute approximate surface area is 99.1 Å². The summed E-state index contributed by atoms with van der Waals surface area (Å²) in [7, 11) is 1.46. The van der Waals surface area contributed by atoms with Gasteiger partial charge in [-0.1, -0.05) is 13.8 Å². The molecule has 94 valence electrons. The molecular weight excluding hydrogens is 202 g/mol. The zero-order valence-corrected chi connectivity index (χ0v) is 11.2. The lowest BCUT2D eigenvalue weighted by atomic mass is 9.86. The number of ether oxygens (including phenoxy) is 1. The molecule has 0 aromatic carbocycles. The zero-order chi connectivity index (χ0) is 12.3. The summed E-state index contributed by atoms with van der Waals surface area (Å²) in [5.41, 5.74) is -0.394. The van der Waals surface area contributed by atoms with Crippen LogP contribution < -0.4 is 0 Å². The van der Waals surface area contributed by atoms with Crippen LogP contribution in [0.25, 0.3) is 0 Å². The van der Waals surface area contributed by atoms with Crippen LogP contribution in [-0.2, 0) is 9.53 Å². The predicted molar refractivity (Wildman–Crippen MR) is 65.2 cm³/mol. The number of rotatable bonds is 3. The normalized spacial score (nSPS) is 27.8. The molecule has 0 radical (unpaired) electrons. The molecule has 0 aliphatic carbocycles. The molecule has 0 bridgehead atoms. The number of methoxy groups -OCH3 is 1. The van der Waals surface area contributed by atoms with Gasteiger partial charge in [-0.15, -0.1) is 0 Å². The first-order chi connectivity index (χ1) is 7.36. The Morgan fingerprint density at radius 1 is 1.38 bits per heavy atom. The van der Waals surface area contributed by atoms with E-state index in [0.717, 1.165) is 31.5 Å².